The topological polar surface area (TPSA) is 71.4 Å². The van der Waals surface area contributed by atoms with Crippen molar-refractivity contribution in [3.8, 4) is 0 Å². The summed E-state index contributed by atoms with van der Waals surface area (Å²) in [6, 6.07) is 6.18. The highest BCUT2D eigenvalue weighted by molar-refractivity contribution is 8.00. The van der Waals surface area contributed by atoms with Gasteiger partial charge in [0.25, 0.3) is 0 Å². The number of hydrogen-bond donors (Lipinski definition) is 1. The molecule has 0 aromatic heterocycles. The molecule has 0 fully saturated rings. The zero-order valence-corrected chi connectivity index (χ0v) is 10.5. The smallest absolute Gasteiger partial charge is 0.316 e. The quantitative estimate of drug-likeness (QED) is 0.833. The zero-order chi connectivity index (χ0) is 12.3. The van der Waals surface area contributed by atoms with E-state index >= 15 is 0 Å². The molecule has 0 saturated carbocycles. The van der Waals surface area contributed by atoms with Gasteiger partial charge in [0.2, 0.25) is 0 Å². The van der Waals surface area contributed by atoms with E-state index in [4.69, 9.17) is 5.11 Å². The summed E-state index contributed by atoms with van der Waals surface area (Å²) in [4.78, 5) is 11.6. The Kier molecular flexibility index (Phi) is 3.98. The average Bonchev–Trinajstić information content (AvgIpc) is 2.17. The molecule has 0 bridgehead atoms. The van der Waals surface area contributed by atoms with Crippen LogP contribution in [0.15, 0.2) is 34.1 Å². The molecule has 16 heavy (non-hydrogen) atoms. The van der Waals surface area contributed by atoms with E-state index in [1.54, 1.807) is 19.1 Å². The maximum atomic E-state index is 11.2. The third-order valence-corrected chi connectivity index (χ3v) is 4.14. The summed E-state index contributed by atoms with van der Waals surface area (Å²) in [6.45, 7) is 1.58. The van der Waals surface area contributed by atoms with Gasteiger partial charge in [-0.15, -0.1) is 11.8 Å². The first-order valence-electron chi connectivity index (χ1n) is 4.50. The van der Waals surface area contributed by atoms with Crippen LogP contribution < -0.4 is 0 Å². The molecule has 4 nitrogen and oxygen atoms in total. The molecule has 6 heteroatoms. The molecular weight excluding hydrogens is 248 g/mol. The Hall–Kier alpha value is -1.01. The Morgan fingerprint density at radius 3 is 2.19 bits per heavy atom. The first-order chi connectivity index (χ1) is 7.30. The molecule has 1 rings (SSSR count). The normalized spacial score (nSPS) is 13.4. The Balaban J connectivity index is 2.84. The second kappa shape index (κ2) is 4.88. The van der Waals surface area contributed by atoms with Gasteiger partial charge in [0.1, 0.15) is 5.25 Å². The van der Waals surface area contributed by atoms with E-state index in [0.717, 1.165) is 11.2 Å². The number of hydrogen-bond acceptors (Lipinski definition) is 4. The van der Waals surface area contributed by atoms with Crippen LogP contribution in [0.25, 0.3) is 0 Å². The highest BCUT2D eigenvalue weighted by atomic mass is 32.2. The lowest BCUT2D eigenvalue weighted by molar-refractivity contribution is -0.136. The number of sulfone groups is 1. The number of carboxylic acids is 1. The predicted molar refractivity (Wildman–Crippen MR) is 62.5 cm³/mol. The van der Waals surface area contributed by atoms with E-state index in [1.807, 2.05) is 0 Å². The van der Waals surface area contributed by atoms with E-state index in [0.29, 0.717) is 0 Å². The minimum atomic E-state index is -3.19. The molecule has 1 unspecified atom stereocenters. The molecule has 0 spiro atoms. The molecular formula is C10H12O4S2. The van der Waals surface area contributed by atoms with Gasteiger partial charge in [0.05, 0.1) is 4.90 Å². The third kappa shape index (κ3) is 3.53. The van der Waals surface area contributed by atoms with Crippen molar-refractivity contribution < 1.29 is 18.3 Å². The van der Waals surface area contributed by atoms with Crippen molar-refractivity contribution >= 4 is 27.6 Å². The van der Waals surface area contributed by atoms with Crippen LogP contribution in [0.4, 0.5) is 0 Å². The number of carboxylic acid groups (broad SMARTS) is 1. The summed E-state index contributed by atoms with van der Waals surface area (Å²) in [5.41, 5.74) is 0. The van der Waals surface area contributed by atoms with Gasteiger partial charge in [-0.3, -0.25) is 4.79 Å². The van der Waals surface area contributed by atoms with Gasteiger partial charge in [-0.25, -0.2) is 8.42 Å². The largest absolute Gasteiger partial charge is 0.480 e. The second-order valence-electron chi connectivity index (χ2n) is 3.34. The Bertz CT molecular complexity index is 476. The molecule has 1 N–H and O–H groups in total. The Morgan fingerprint density at radius 1 is 1.31 bits per heavy atom. The lowest BCUT2D eigenvalue weighted by Gasteiger charge is -2.06. The van der Waals surface area contributed by atoms with Gasteiger partial charge in [0.15, 0.2) is 9.84 Å². The van der Waals surface area contributed by atoms with Crippen molar-refractivity contribution in [1.82, 2.24) is 0 Å². The number of rotatable bonds is 4. The van der Waals surface area contributed by atoms with Crippen LogP contribution in [-0.2, 0) is 14.6 Å². The van der Waals surface area contributed by atoms with Gasteiger partial charge in [-0.2, -0.15) is 0 Å². The summed E-state index contributed by atoms with van der Waals surface area (Å²) < 4.78 is 22.3. The molecule has 1 aromatic carbocycles. The summed E-state index contributed by atoms with van der Waals surface area (Å²) in [7, 11) is -3.19. The van der Waals surface area contributed by atoms with Crippen LogP contribution in [0.2, 0.25) is 0 Å². The highest BCUT2D eigenvalue weighted by Gasteiger charge is 2.13. The number of carbonyl (C=O) groups is 1. The van der Waals surface area contributed by atoms with E-state index in [-0.39, 0.29) is 4.90 Å². The van der Waals surface area contributed by atoms with Crippen molar-refractivity contribution in [2.45, 2.75) is 22.0 Å². The second-order valence-corrected chi connectivity index (χ2v) is 6.77. The van der Waals surface area contributed by atoms with Crippen LogP contribution in [0.5, 0.6) is 0 Å². The van der Waals surface area contributed by atoms with Gasteiger partial charge in [-0.05, 0) is 31.2 Å². The van der Waals surface area contributed by atoms with Gasteiger partial charge < -0.3 is 5.11 Å². The number of thioether (sulfide) groups is 1. The van der Waals surface area contributed by atoms with Gasteiger partial charge >= 0.3 is 5.97 Å². The molecule has 1 aromatic rings. The van der Waals surface area contributed by atoms with E-state index in [2.05, 4.69) is 0 Å². The standard InChI is InChI=1S/C10H12O4S2/c1-7(10(11)12)15-8-3-5-9(6-4-8)16(2,13)14/h3-7H,1-2H3,(H,11,12). The van der Waals surface area contributed by atoms with Crippen LogP contribution in [0.3, 0.4) is 0 Å². The summed E-state index contributed by atoms with van der Waals surface area (Å²) >= 11 is 1.18. The molecule has 0 aliphatic heterocycles. The van der Waals surface area contributed by atoms with Crippen molar-refractivity contribution in [3.05, 3.63) is 24.3 Å². The fourth-order valence-electron chi connectivity index (χ4n) is 1.02. The molecule has 0 aliphatic rings. The average molecular weight is 260 g/mol. The Labute approximate surface area is 98.6 Å². The van der Waals surface area contributed by atoms with Gasteiger partial charge in [0, 0.05) is 11.2 Å². The fourth-order valence-corrected chi connectivity index (χ4v) is 2.45. The van der Waals surface area contributed by atoms with E-state index in [9.17, 15) is 13.2 Å². The molecule has 88 valence electrons. The number of aliphatic carboxylic acids is 1. The lowest BCUT2D eigenvalue weighted by Crippen LogP contribution is -2.10. The van der Waals surface area contributed by atoms with Crippen LogP contribution >= 0.6 is 11.8 Å². The van der Waals surface area contributed by atoms with E-state index in [1.165, 1.54) is 23.9 Å². The summed E-state index contributed by atoms with van der Waals surface area (Å²) in [6.07, 6.45) is 1.13. The first-order valence-corrected chi connectivity index (χ1v) is 7.27. The number of benzene rings is 1. The molecule has 0 saturated heterocycles. The van der Waals surface area contributed by atoms with Gasteiger partial charge in [-0.1, -0.05) is 0 Å². The minimum Gasteiger partial charge on any atom is -0.480 e. The minimum absolute atomic E-state index is 0.236. The maximum Gasteiger partial charge on any atom is 0.316 e. The van der Waals surface area contributed by atoms with Crippen LogP contribution in [0.1, 0.15) is 6.92 Å². The third-order valence-electron chi connectivity index (χ3n) is 1.91. The predicted octanol–water partition coefficient (Wildman–Crippen LogP) is 1.66. The van der Waals surface area contributed by atoms with E-state index < -0.39 is 21.1 Å². The summed E-state index contributed by atoms with van der Waals surface area (Å²) in [5.74, 6) is -0.891. The maximum absolute atomic E-state index is 11.2. The highest BCUT2D eigenvalue weighted by Crippen LogP contribution is 2.24. The molecule has 0 amide bonds. The van der Waals surface area contributed by atoms with Crippen molar-refractivity contribution in [1.29, 1.82) is 0 Å². The monoisotopic (exact) mass is 260 g/mol. The molecule has 1 atom stereocenters. The van der Waals surface area contributed by atoms with Crippen molar-refractivity contribution in [2.24, 2.45) is 0 Å². The van der Waals surface area contributed by atoms with Crippen molar-refractivity contribution in [2.75, 3.05) is 6.26 Å². The first kappa shape index (κ1) is 13.1. The SMILES string of the molecule is CC(Sc1ccc(S(C)(=O)=O)cc1)C(=O)O. The molecule has 0 aliphatic carbocycles. The van der Waals surface area contributed by atoms with Crippen LogP contribution in [-0.4, -0.2) is 31.0 Å². The summed E-state index contributed by atoms with van der Waals surface area (Å²) in [5, 5.41) is 8.16. The molecule has 0 heterocycles. The Morgan fingerprint density at radius 2 is 1.81 bits per heavy atom. The molecule has 0 radical (unpaired) electrons. The zero-order valence-electron chi connectivity index (χ0n) is 8.88. The lowest BCUT2D eigenvalue weighted by atomic mass is 10.4. The van der Waals surface area contributed by atoms with Crippen LogP contribution in [0, 0.1) is 0 Å². The fraction of sp³-hybridized carbons (Fsp3) is 0.300. The van der Waals surface area contributed by atoms with Crippen molar-refractivity contribution in [3.63, 3.8) is 0 Å².